The summed E-state index contributed by atoms with van der Waals surface area (Å²) in [7, 11) is -11.0. The summed E-state index contributed by atoms with van der Waals surface area (Å²) in [6.07, 6.45) is 5.00. The Labute approximate surface area is 291 Å². The van der Waals surface area contributed by atoms with Crippen LogP contribution >= 0.6 is 22.7 Å². The van der Waals surface area contributed by atoms with Crippen LogP contribution in [0.3, 0.4) is 0 Å². The van der Waals surface area contributed by atoms with Crippen LogP contribution in [-0.4, -0.2) is 143 Å². The van der Waals surface area contributed by atoms with E-state index in [1.54, 1.807) is 0 Å². The molecule has 49 heavy (non-hydrogen) atoms. The van der Waals surface area contributed by atoms with Gasteiger partial charge in [0.25, 0.3) is 0 Å². The van der Waals surface area contributed by atoms with Gasteiger partial charge in [0, 0.05) is 23.7 Å². The number of hydrogen-bond donors (Lipinski definition) is 5. The number of hydrogen-bond acceptors (Lipinski definition) is 15. The van der Waals surface area contributed by atoms with Crippen LogP contribution in [0.1, 0.15) is 55.4 Å². The van der Waals surface area contributed by atoms with E-state index in [1.807, 2.05) is 55.4 Å². The highest BCUT2D eigenvalue weighted by Gasteiger charge is 2.47. The second-order valence-electron chi connectivity index (χ2n) is 14.1. The van der Waals surface area contributed by atoms with Crippen LogP contribution in [0, 0.1) is 23.7 Å². The van der Waals surface area contributed by atoms with Gasteiger partial charge in [-0.3, -0.25) is 0 Å². The Balaban J connectivity index is 1.32. The molecular formula is C31H59O15P3. The van der Waals surface area contributed by atoms with Gasteiger partial charge in [-0.15, -0.1) is 0 Å². The molecule has 7 unspecified atom stereocenters. The van der Waals surface area contributed by atoms with Crippen LogP contribution in [0.25, 0.3) is 0 Å². The molecule has 4 fully saturated rings. The summed E-state index contributed by atoms with van der Waals surface area (Å²) in [4.78, 5) is 33.2. The third kappa shape index (κ3) is 10.5. The highest BCUT2D eigenvalue weighted by Crippen LogP contribution is 2.53. The lowest BCUT2D eigenvalue weighted by Gasteiger charge is -2.31. The van der Waals surface area contributed by atoms with E-state index in [0.717, 1.165) is 0 Å². The van der Waals surface area contributed by atoms with Crippen LogP contribution in [0.2, 0.25) is 0 Å². The van der Waals surface area contributed by atoms with Gasteiger partial charge in [-0.05, 0) is 46.6 Å². The lowest BCUT2D eigenvalue weighted by atomic mass is 10.00. The molecule has 0 aromatic rings. The maximum atomic E-state index is 11.2. The largest absolute Gasteiger partial charge is 0.394 e. The standard InChI is InChI=1S/C31H59O15P3/c1-16-20(5)41-25(28(16)33)13-37-47(9,34)45-30-18(3)22(7)43-27(30)15-39-49(11,36)46-31-19(4)23(8)42-26(31)14-38-48(10,35)44-29-17(2)21(6)40-24(29)12-32/h16-36H,9-15H2,1-8H3/t16?,17?,18?,19?,20-,21-,22-,23-,24+,25+,26+,27+,28+,29+,30+,31+,47?,48?,49?/m0/s1. The van der Waals surface area contributed by atoms with Gasteiger partial charge in [-0.2, -0.15) is 0 Å². The van der Waals surface area contributed by atoms with E-state index in [9.17, 15) is 24.9 Å². The monoisotopic (exact) mass is 764 g/mol. The van der Waals surface area contributed by atoms with Gasteiger partial charge in [0.2, 0.25) is 22.7 Å². The summed E-state index contributed by atoms with van der Waals surface area (Å²) < 4.78 is 58.7. The highest BCUT2D eigenvalue weighted by molar-refractivity contribution is 7.59. The van der Waals surface area contributed by atoms with Gasteiger partial charge in [0.15, 0.2) is 0 Å². The highest BCUT2D eigenvalue weighted by atomic mass is 31.2. The SMILES string of the molecule is C=P(O)(OC[C@H]1O[C@@H](C)C(C)[C@H]1OP(=C)(O)OC[C@H]1O[C@@H](C)C(C)[C@H]1OP(=C)(O)OC[C@H]1O[C@@H](C)C(C)[C@H]1O)O[C@@H]1C(C)[C@H](C)O[C@@H]1CO. The van der Waals surface area contributed by atoms with Crippen LogP contribution in [0.4, 0.5) is 0 Å². The minimum absolute atomic E-state index is 0.0823. The molecule has 4 heterocycles. The molecule has 4 rings (SSSR count). The van der Waals surface area contributed by atoms with Crippen molar-refractivity contribution in [3.05, 3.63) is 0 Å². The summed E-state index contributed by atoms with van der Waals surface area (Å²) >= 11 is 0. The van der Waals surface area contributed by atoms with Crippen molar-refractivity contribution in [1.82, 2.24) is 0 Å². The van der Waals surface area contributed by atoms with E-state index in [1.165, 1.54) is 0 Å². The van der Waals surface area contributed by atoms with E-state index in [2.05, 4.69) is 18.9 Å². The van der Waals surface area contributed by atoms with Crippen molar-refractivity contribution in [3.63, 3.8) is 0 Å². The molecule has 4 aliphatic heterocycles. The summed E-state index contributed by atoms with van der Waals surface area (Å²) in [5.74, 6) is -0.592. The quantitative estimate of drug-likeness (QED) is 0.144. The van der Waals surface area contributed by atoms with Gasteiger partial charge in [-0.1, -0.05) is 27.7 Å². The van der Waals surface area contributed by atoms with Crippen molar-refractivity contribution in [2.75, 3.05) is 26.4 Å². The molecule has 4 saturated heterocycles. The van der Waals surface area contributed by atoms with E-state index in [4.69, 9.17) is 46.1 Å². The maximum absolute atomic E-state index is 11.2. The third-order valence-electron chi connectivity index (χ3n) is 10.5. The molecule has 4 aliphatic rings. The first-order valence-corrected chi connectivity index (χ1v) is 22.2. The summed E-state index contributed by atoms with van der Waals surface area (Å²) in [5.41, 5.74) is 0. The fourth-order valence-electron chi connectivity index (χ4n) is 6.62. The fourth-order valence-corrected chi connectivity index (χ4v) is 10.1. The average Bonchev–Trinajstić information content (AvgIpc) is 3.64. The molecule has 19 atom stereocenters. The molecule has 0 aromatic carbocycles. The second-order valence-corrected chi connectivity index (χ2v) is 19.4. The van der Waals surface area contributed by atoms with Crippen molar-refractivity contribution in [3.8, 4) is 0 Å². The average molecular weight is 765 g/mol. The minimum Gasteiger partial charge on any atom is -0.394 e. The van der Waals surface area contributed by atoms with Crippen molar-refractivity contribution in [1.29, 1.82) is 0 Å². The normalized spacial score (nSPS) is 46.5. The molecule has 0 aromatic heterocycles. The summed E-state index contributed by atoms with van der Waals surface area (Å²) in [6, 6.07) is 0. The van der Waals surface area contributed by atoms with E-state index in [-0.39, 0.29) is 74.5 Å². The smallest absolute Gasteiger partial charge is 0.248 e. The zero-order chi connectivity index (χ0) is 36.6. The summed E-state index contributed by atoms with van der Waals surface area (Å²) in [5, 5.41) is 20.1. The Hall–Kier alpha value is 0.300. The molecule has 0 radical (unpaired) electrons. The Morgan fingerprint density at radius 1 is 0.490 bits per heavy atom. The molecule has 0 saturated carbocycles. The molecule has 15 nitrogen and oxygen atoms in total. The van der Waals surface area contributed by atoms with E-state index >= 15 is 0 Å². The molecule has 288 valence electrons. The first-order valence-electron chi connectivity index (χ1n) is 16.9. The lowest BCUT2D eigenvalue weighted by molar-refractivity contribution is -0.0347. The predicted molar refractivity (Wildman–Crippen MR) is 188 cm³/mol. The molecule has 5 N–H and O–H groups in total. The molecule has 0 spiro atoms. The first-order chi connectivity index (χ1) is 22.6. The van der Waals surface area contributed by atoms with Crippen LogP contribution < -0.4 is 0 Å². The Morgan fingerprint density at radius 3 is 1.10 bits per heavy atom. The van der Waals surface area contributed by atoms with Gasteiger partial charge in [-0.25, -0.2) is 0 Å². The maximum Gasteiger partial charge on any atom is 0.248 e. The van der Waals surface area contributed by atoms with Crippen molar-refractivity contribution < 1.29 is 71.0 Å². The topological polar surface area (TPSA) is 193 Å². The Kier molecular flexibility index (Phi) is 14.4. The summed E-state index contributed by atoms with van der Waals surface area (Å²) in [6.45, 7) is 14.3. The molecular weight excluding hydrogens is 705 g/mol. The van der Waals surface area contributed by atoms with Gasteiger partial charge < -0.3 is 71.0 Å². The van der Waals surface area contributed by atoms with Crippen molar-refractivity contribution >= 4 is 41.6 Å². The minimum atomic E-state index is -3.73. The van der Waals surface area contributed by atoms with Crippen molar-refractivity contribution in [2.45, 2.75) is 129 Å². The first kappa shape index (κ1) is 42.0. The number of rotatable bonds is 16. The predicted octanol–water partition coefficient (Wildman–Crippen LogP) is 2.80. The Morgan fingerprint density at radius 2 is 0.776 bits per heavy atom. The third-order valence-corrected chi connectivity index (χ3v) is 13.8. The molecule has 18 heteroatoms. The lowest BCUT2D eigenvalue weighted by Crippen LogP contribution is -2.34. The fraction of sp³-hybridized carbons (Fsp3) is 0.903. The van der Waals surface area contributed by atoms with Crippen LogP contribution in [-0.2, 0) is 46.1 Å². The van der Waals surface area contributed by atoms with Crippen LogP contribution in [0.5, 0.6) is 0 Å². The zero-order valence-corrected chi connectivity index (χ0v) is 32.5. The number of aliphatic hydroxyl groups is 2. The Bertz CT molecular complexity index is 1240. The number of aliphatic hydroxyl groups excluding tert-OH is 2. The van der Waals surface area contributed by atoms with E-state index in [0.29, 0.717) is 0 Å². The molecule has 0 amide bonds. The van der Waals surface area contributed by atoms with Gasteiger partial charge >= 0.3 is 0 Å². The van der Waals surface area contributed by atoms with Crippen molar-refractivity contribution in [2.24, 2.45) is 23.7 Å². The molecule has 0 bridgehead atoms. The number of ether oxygens (including phenoxy) is 4. The van der Waals surface area contributed by atoms with Crippen LogP contribution in [0.15, 0.2) is 0 Å². The second kappa shape index (κ2) is 16.8. The van der Waals surface area contributed by atoms with E-state index < -0.39 is 71.5 Å². The zero-order valence-electron chi connectivity index (χ0n) is 29.8. The molecule has 0 aliphatic carbocycles. The van der Waals surface area contributed by atoms with Gasteiger partial charge in [0.1, 0.15) is 24.4 Å². The van der Waals surface area contributed by atoms with Gasteiger partial charge in [0.05, 0.1) is 75.3 Å².